The summed E-state index contributed by atoms with van der Waals surface area (Å²) >= 11 is 6.37. The van der Waals surface area contributed by atoms with Gasteiger partial charge >= 0.3 is 0 Å². The lowest BCUT2D eigenvalue weighted by Crippen LogP contribution is -2.23. The molecule has 0 spiro atoms. The molecule has 6 heteroatoms. The van der Waals surface area contributed by atoms with Gasteiger partial charge in [0.15, 0.2) is 0 Å². The van der Waals surface area contributed by atoms with Crippen molar-refractivity contribution in [2.45, 2.75) is 25.4 Å². The minimum Gasteiger partial charge on any atom is -0.338 e. The molecule has 1 saturated heterocycles. The van der Waals surface area contributed by atoms with Crippen molar-refractivity contribution in [1.29, 1.82) is 0 Å². The van der Waals surface area contributed by atoms with Crippen LogP contribution in [0, 0.1) is 0 Å². The smallest absolute Gasteiger partial charge is 0.241 e. The van der Waals surface area contributed by atoms with Gasteiger partial charge in [0.05, 0.1) is 6.54 Å². The summed E-state index contributed by atoms with van der Waals surface area (Å²) in [5, 5.41) is 4.88. The van der Waals surface area contributed by atoms with E-state index in [0.29, 0.717) is 24.3 Å². The monoisotopic (exact) mass is 340 g/mol. The number of halogens is 1. The summed E-state index contributed by atoms with van der Waals surface area (Å²) in [6.07, 6.45) is 5.69. The molecule has 1 aromatic carbocycles. The SMILES string of the molecule is Clc1ccccc1C1CCCN1Cc1nc(-c2cccnc2)no1. The van der Waals surface area contributed by atoms with E-state index in [0.717, 1.165) is 30.0 Å². The molecule has 1 fully saturated rings. The molecule has 1 unspecified atom stereocenters. The Morgan fingerprint density at radius 2 is 2.12 bits per heavy atom. The van der Waals surface area contributed by atoms with Crippen molar-refractivity contribution < 1.29 is 4.52 Å². The van der Waals surface area contributed by atoms with Crippen molar-refractivity contribution >= 4 is 11.6 Å². The van der Waals surface area contributed by atoms with Crippen LogP contribution in [0.4, 0.5) is 0 Å². The number of hydrogen-bond donors (Lipinski definition) is 0. The van der Waals surface area contributed by atoms with Crippen LogP contribution in [0.15, 0.2) is 53.3 Å². The molecule has 0 bridgehead atoms. The molecule has 1 atom stereocenters. The van der Waals surface area contributed by atoms with Gasteiger partial charge < -0.3 is 4.52 Å². The molecule has 4 rings (SSSR count). The molecule has 2 aromatic heterocycles. The summed E-state index contributed by atoms with van der Waals surface area (Å²) in [6.45, 7) is 1.63. The van der Waals surface area contributed by atoms with Gasteiger partial charge in [0.1, 0.15) is 0 Å². The third-order valence-electron chi connectivity index (χ3n) is 4.35. The fourth-order valence-electron chi connectivity index (χ4n) is 3.22. The van der Waals surface area contributed by atoms with E-state index < -0.39 is 0 Å². The molecule has 3 heterocycles. The van der Waals surface area contributed by atoms with Crippen molar-refractivity contribution in [1.82, 2.24) is 20.0 Å². The Kier molecular flexibility index (Phi) is 4.28. The summed E-state index contributed by atoms with van der Waals surface area (Å²) in [5.74, 6) is 1.19. The van der Waals surface area contributed by atoms with Gasteiger partial charge in [-0.25, -0.2) is 0 Å². The Hall–Kier alpha value is -2.24. The lowest BCUT2D eigenvalue weighted by atomic mass is 10.0. The van der Waals surface area contributed by atoms with E-state index in [1.807, 2.05) is 30.3 Å². The third-order valence-corrected chi connectivity index (χ3v) is 4.70. The zero-order valence-corrected chi connectivity index (χ0v) is 13.9. The lowest BCUT2D eigenvalue weighted by molar-refractivity contribution is 0.212. The highest BCUT2D eigenvalue weighted by Crippen LogP contribution is 2.36. The molecule has 122 valence electrons. The fourth-order valence-corrected chi connectivity index (χ4v) is 3.48. The largest absolute Gasteiger partial charge is 0.338 e. The molecule has 5 nitrogen and oxygen atoms in total. The van der Waals surface area contributed by atoms with Crippen LogP contribution in [0.2, 0.25) is 5.02 Å². The molecule has 1 aliphatic rings. The molecule has 0 aliphatic carbocycles. The highest BCUT2D eigenvalue weighted by atomic mass is 35.5. The van der Waals surface area contributed by atoms with Crippen LogP contribution in [0.3, 0.4) is 0 Å². The van der Waals surface area contributed by atoms with Gasteiger partial charge in [-0.1, -0.05) is 35.0 Å². The molecule has 3 aromatic rings. The summed E-state index contributed by atoms with van der Waals surface area (Å²) < 4.78 is 5.43. The average Bonchev–Trinajstić information content (AvgIpc) is 3.26. The normalized spacial score (nSPS) is 18.1. The Balaban J connectivity index is 1.53. The number of likely N-dealkylation sites (tertiary alicyclic amines) is 1. The Morgan fingerprint density at radius 1 is 1.21 bits per heavy atom. The van der Waals surface area contributed by atoms with Crippen LogP contribution in [0.5, 0.6) is 0 Å². The van der Waals surface area contributed by atoms with Crippen LogP contribution >= 0.6 is 11.6 Å². The quantitative estimate of drug-likeness (QED) is 0.715. The first-order chi connectivity index (χ1) is 11.8. The van der Waals surface area contributed by atoms with Crippen LogP contribution in [-0.4, -0.2) is 26.6 Å². The predicted molar refractivity (Wildman–Crippen MR) is 91.4 cm³/mol. The van der Waals surface area contributed by atoms with E-state index in [9.17, 15) is 0 Å². The summed E-state index contributed by atoms with van der Waals surface area (Å²) in [5.41, 5.74) is 2.03. The first kappa shape index (κ1) is 15.3. The van der Waals surface area contributed by atoms with Gasteiger partial charge in [-0.15, -0.1) is 0 Å². The molecular weight excluding hydrogens is 324 g/mol. The Morgan fingerprint density at radius 3 is 2.96 bits per heavy atom. The topological polar surface area (TPSA) is 55.1 Å². The summed E-state index contributed by atoms with van der Waals surface area (Å²) in [6, 6.07) is 12.1. The number of benzene rings is 1. The van der Waals surface area contributed by atoms with E-state index in [1.54, 1.807) is 12.4 Å². The zero-order valence-electron chi connectivity index (χ0n) is 13.1. The van der Waals surface area contributed by atoms with Gasteiger partial charge in [-0.3, -0.25) is 9.88 Å². The maximum absolute atomic E-state index is 6.37. The van der Waals surface area contributed by atoms with Gasteiger partial charge in [0, 0.05) is 29.0 Å². The average molecular weight is 341 g/mol. The van der Waals surface area contributed by atoms with Gasteiger partial charge in [-0.2, -0.15) is 4.98 Å². The van der Waals surface area contributed by atoms with Crippen LogP contribution in [0.25, 0.3) is 11.4 Å². The summed E-state index contributed by atoms with van der Waals surface area (Å²) in [7, 11) is 0. The lowest BCUT2D eigenvalue weighted by Gasteiger charge is -2.23. The molecule has 0 N–H and O–H groups in total. The minimum atomic E-state index is 0.299. The van der Waals surface area contributed by atoms with Gasteiger partial charge in [0.2, 0.25) is 11.7 Å². The first-order valence-corrected chi connectivity index (χ1v) is 8.40. The van der Waals surface area contributed by atoms with E-state index in [2.05, 4.69) is 26.1 Å². The number of rotatable bonds is 4. The van der Waals surface area contributed by atoms with Crippen molar-refractivity contribution in [3.63, 3.8) is 0 Å². The van der Waals surface area contributed by atoms with Crippen molar-refractivity contribution in [2.75, 3.05) is 6.54 Å². The highest BCUT2D eigenvalue weighted by molar-refractivity contribution is 6.31. The second kappa shape index (κ2) is 6.71. The van der Waals surface area contributed by atoms with Crippen molar-refractivity contribution in [3.05, 3.63) is 65.3 Å². The Bertz CT molecular complexity index is 821. The minimum absolute atomic E-state index is 0.299. The van der Waals surface area contributed by atoms with Crippen LogP contribution in [0.1, 0.15) is 30.3 Å². The molecule has 24 heavy (non-hydrogen) atoms. The number of pyridine rings is 1. The maximum atomic E-state index is 6.37. The number of nitrogens with zero attached hydrogens (tertiary/aromatic N) is 4. The number of hydrogen-bond acceptors (Lipinski definition) is 5. The van der Waals surface area contributed by atoms with Crippen LogP contribution in [-0.2, 0) is 6.54 Å². The summed E-state index contributed by atoms with van der Waals surface area (Å²) in [4.78, 5) is 10.9. The van der Waals surface area contributed by atoms with E-state index in [1.165, 1.54) is 5.56 Å². The van der Waals surface area contributed by atoms with E-state index in [-0.39, 0.29) is 0 Å². The van der Waals surface area contributed by atoms with Gasteiger partial charge in [0.25, 0.3) is 0 Å². The van der Waals surface area contributed by atoms with Crippen LogP contribution < -0.4 is 0 Å². The number of aromatic nitrogens is 3. The molecular formula is C18H17ClN4O. The second-order valence-corrected chi connectivity index (χ2v) is 6.31. The highest BCUT2D eigenvalue weighted by Gasteiger charge is 2.28. The van der Waals surface area contributed by atoms with Gasteiger partial charge in [-0.05, 0) is 43.1 Å². The zero-order chi connectivity index (χ0) is 16.4. The predicted octanol–water partition coefficient (Wildman–Crippen LogP) is 4.12. The molecule has 1 aliphatic heterocycles. The second-order valence-electron chi connectivity index (χ2n) is 5.90. The molecule has 0 amide bonds. The van der Waals surface area contributed by atoms with Crippen molar-refractivity contribution in [3.8, 4) is 11.4 Å². The maximum Gasteiger partial charge on any atom is 0.241 e. The standard InChI is InChI=1S/C18H17ClN4O/c19-15-7-2-1-6-14(15)16-8-4-10-23(16)12-17-21-18(22-24-17)13-5-3-9-20-11-13/h1-3,5-7,9,11,16H,4,8,10,12H2. The van der Waals surface area contributed by atoms with Crippen molar-refractivity contribution in [2.24, 2.45) is 0 Å². The first-order valence-electron chi connectivity index (χ1n) is 8.03. The third kappa shape index (κ3) is 3.05. The molecule has 0 saturated carbocycles. The van der Waals surface area contributed by atoms with E-state index >= 15 is 0 Å². The fraction of sp³-hybridized carbons (Fsp3) is 0.278. The van der Waals surface area contributed by atoms with E-state index in [4.69, 9.17) is 16.1 Å². The molecule has 0 radical (unpaired) electrons. The Labute approximate surface area is 145 Å².